The van der Waals surface area contributed by atoms with Gasteiger partial charge >= 0.3 is 0 Å². The maximum Gasteiger partial charge on any atom is 0.201 e. The highest BCUT2D eigenvalue weighted by Gasteiger charge is 2.15. The Labute approximate surface area is 151 Å². The molecule has 0 saturated heterocycles. The predicted octanol–water partition coefficient (Wildman–Crippen LogP) is 3.17. The first-order valence-corrected chi connectivity index (χ1v) is 7.87. The molecule has 0 saturated carbocycles. The highest BCUT2D eigenvalue weighted by Crippen LogP contribution is 2.24. The van der Waals surface area contributed by atoms with Crippen molar-refractivity contribution in [2.75, 3.05) is 14.2 Å². The number of ketones is 1. The van der Waals surface area contributed by atoms with Gasteiger partial charge in [-0.2, -0.15) is 0 Å². The summed E-state index contributed by atoms with van der Waals surface area (Å²) in [7, 11) is 3.13. The average molecular weight is 353 g/mol. The summed E-state index contributed by atoms with van der Waals surface area (Å²) < 4.78 is 10.5. The molecule has 2 rings (SSSR count). The van der Waals surface area contributed by atoms with Crippen LogP contribution < -0.4 is 14.8 Å². The normalized spacial score (nSPS) is 9.68. The van der Waals surface area contributed by atoms with Gasteiger partial charge in [0, 0.05) is 23.7 Å². The van der Waals surface area contributed by atoms with E-state index in [-0.39, 0.29) is 10.6 Å². The molecule has 5 nitrogen and oxygen atoms in total. The number of nitrogens with one attached hydrogen (secondary N) is 1. The minimum atomic E-state index is -0.401. The number of nitrogens with zero attached hydrogens (tertiary/aromatic N) is 1. The van der Waals surface area contributed by atoms with E-state index in [2.05, 4.69) is 5.32 Å². The molecule has 0 amide bonds. The lowest BCUT2D eigenvalue weighted by molar-refractivity contribution is 0.104. The first-order chi connectivity index (χ1) is 12.1. The van der Waals surface area contributed by atoms with E-state index in [9.17, 15) is 10.2 Å². The molecular formula is C19H17N2O3S-. The van der Waals surface area contributed by atoms with Crippen molar-refractivity contribution in [3.05, 3.63) is 70.6 Å². The Morgan fingerprint density at radius 2 is 1.88 bits per heavy atom. The zero-order valence-electron chi connectivity index (χ0n) is 13.9. The highest BCUT2D eigenvalue weighted by molar-refractivity contribution is 7.80. The molecule has 0 radical (unpaired) electrons. The number of ether oxygens (including phenoxy) is 2. The van der Waals surface area contributed by atoms with Crippen LogP contribution in [0.3, 0.4) is 0 Å². The van der Waals surface area contributed by atoms with E-state index in [4.69, 9.17) is 21.7 Å². The van der Waals surface area contributed by atoms with Gasteiger partial charge in [0.1, 0.15) is 16.5 Å². The summed E-state index contributed by atoms with van der Waals surface area (Å²) >= 11 is 5.22. The van der Waals surface area contributed by atoms with Crippen molar-refractivity contribution in [1.29, 1.82) is 0 Å². The summed E-state index contributed by atoms with van der Waals surface area (Å²) in [6.45, 7) is 0.319. The van der Waals surface area contributed by atoms with Crippen LogP contribution in [-0.4, -0.2) is 30.9 Å². The Balaban J connectivity index is 2.11. The fraction of sp³-hybridized carbons (Fsp3) is 0.158. The van der Waals surface area contributed by atoms with Gasteiger partial charge in [-0.1, -0.05) is 42.5 Å². The van der Waals surface area contributed by atoms with E-state index in [0.717, 1.165) is 5.56 Å². The SMILES string of the molecule is COc1ccc(CNC(=S)C(=C=[N-])C(=O)c2ccccc2)c(OC)c1. The van der Waals surface area contributed by atoms with E-state index >= 15 is 0 Å². The quantitative estimate of drug-likeness (QED) is 0.358. The molecule has 0 aliphatic rings. The Kier molecular flexibility index (Phi) is 6.46. The molecule has 6 heteroatoms. The van der Waals surface area contributed by atoms with E-state index < -0.39 is 5.78 Å². The summed E-state index contributed by atoms with van der Waals surface area (Å²) in [4.78, 5) is 12.5. The number of hydrogen-bond acceptors (Lipinski definition) is 4. The van der Waals surface area contributed by atoms with Crippen LogP contribution >= 0.6 is 12.2 Å². The molecule has 0 aliphatic heterocycles. The number of benzene rings is 2. The standard InChI is InChI=1S/C19H17N2O3S/c1-23-15-9-8-14(17(10-15)24-2)12-21-19(25)16(11-20)18(22)13-6-4-3-5-7-13/h3-10H,12H2,1-2H3,(H,21,25)/q-1. The van der Waals surface area contributed by atoms with Crippen LogP contribution in [0.5, 0.6) is 11.5 Å². The van der Waals surface area contributed by atoms with E-state index in [1.165, 1.54) is 0 Å². The molecule has 0 atom stereocenters. The number of carbonyl (C=O) groups is 1. The van der Waals surface area contributed by atoms with Crippen LogP contribution in [0.15, 0.2) is 54.1 Å². The second-order valence-corrected chi connectivity index (χ2v) is 5.45. The molecule has 0 heterocycles. The van der Waals surface area contributed by atoms with Crippen LogP contribution in [0.1, 0.15) is 15.9 Å². The van der Waals surface area contributed by atoms with Gasteiger partial charge in [-0.3, -0.25) is 10.7 Å². The fourth-order valence-corrected chi connectivity index (χ4v) is 2.41. The smallest absolute Gasteiger partial charge is 0.201 e. The zero-order chi connectivity index (χ0) is 18.2. The van der Waals surface area contributed by atoms with Crippen molar-refractivity contribution in [2.24, 2.45) is 0 Å². The molecule has 1 N–H and O–H groups in total. The molecule has 0 bridgehead atoms. The second-order valence-electron chi connectivity index (χ2n) is 5.04. The van der Waals surface area contributed by atoms with Crippen LogP contribution in [0.4, 0.5) is 0 Å². The van der Waals surface area contributed by atoms with Gasteiger partial charge < -0.3 is 20.2 Å². The molecule has 0 aromatic heterocycles. The fourth-order valence-electron chi connectivity index (χ4n) is 2.20. The monoisotopic (exact) mass is 353 g/mol. The van der Waals surface area contributed by atoms with Gasteiger partial charge in [-0.15, -0.1) is 0 Å². The first kappa shape index (κ1) is 18.4. The van der Waals surface area contributed by atoms with Gasteiger partial charge in [0.25, 0.3) is 0 Å². The lowest BCUT2D eigenvalue weighted by atomic mass is 10.0. The molecule has 0 spiro atoms. The molecule has 0 fully saturated rings. The first-order valence-electron chi connectivity index (χ1n) is 7.46. The van der Waals surface area contributed by atoms with Crippen LogP contribution in [0, 0.1) is 0 Å². The maximum atomic E-state index is 12.4. The van der Waals surface area contributed by atoms with Gasteiger partial charge in [0.2, 0.25) is 5.78 Å². The van der Waals surface area contributed by atoms with Crippen molar-refractivity contribution in [1.82, 2.24) is 5.32 Å². The van der Waals surface area contributed by atoms with Crippen molar-refractivity contribution in [3.8, 4) is 11.5 Å². The Hall–Kier alpha value is -2.95. The molecule has 2 aromatic carbocycles. The van der Waals surface area contributed by atoms with E-state index in [1.54, 1.807) is 56.7 Å². The minimum absolute atomic E-state index is 0.0892. The van der Waals surface area contributed by atoms with Gasteiger partial charge in [-0.25, -0.2) is 0 Å². The molecule has 0 unspecified atom stereocenters. The summed E-state index contributed by atoms with van der Waals surface area (Å²) in [6, 6.07) is 14.0. The van der Waals surface area contributed by atoms with Gasteiger partial charge in [0.15, 0.2) is 0 Å². The van der Waals surface area contributed by atoms with Crippen molar-refractivity contribution < 1.29 is 14.3 Å². The largest absolute Gasteiger partial charge is 0.763 e. The maximum absolute atomic E-state index is 12.4. The number of methoxy groups -OCH3 is 2. The summed E-state index contributed by atoms with van der Waals surface area (Å²) in [5.41, 5.74) is 1.16. The van der Waals surface area contributed by atoms with Crippen LogP contribution in [0.2, 0.25) is 0 Å². The Bertz CT molecular complexity index is 828. The zero-order valence-corrected chi connectivity index (χ0v) is 14.7. The summed E-state index contributed by atoms with van der Waals surface area (Å²) in [5.74, 6) is 2.79. The number of Topliss-reactive ketones (excluding diaryl/α,β-unsaturated/α-hetero) is 1. The third-order valence-electron chi connectivity index (χ3n) is 3.54. The van der Waals surface area contributed by atoms with Crippen LogP contribution in [-0.2, 0) is 6.54 Å². The third-order valence-corrected chi connectivity index (χ3v) is 3.88. The van der Waals surface area contributed by atoms with Crippen molar-refractivity contribution in [2.45, 2.75) is 6.54 Å². The predicted molar refractivity (Wildman–Crippen MR) is 102 cm³/mol. The third kappa shape index (κ3) is 4.53. The van der Waals surface area contributed by atoms with E-state index in [0.29, 0.717) is 23.6 Å². The molecular weight excluding hydrogens is 336 g/mol. The summed E-state index contributed by atoms with van der Waals surface area (Å²) in [6.07, 6.45) is 0. The Morgan fingerprint density at radius 3 is 2.48 bits per heavy atom. The molecule has 128 valence electrons. The molecule has 2 aromatic rings. The summed E-state index contributed by atoms with van der Waals surface area (Å²) in [5, 5.41) is 12.3. The lowest BCUT2D eigenvalue weighted by Crippen LogP contribution is -2.27. The van der Waals surface area contributed by atoms with Crippen molar-refractivity contribution >= 4 is 28.9 Å². The van der Waals surface area contributed by atoms with Crippen LogP contribution in [0.25, 0.3) is 5.41 Å². The minimum Gasteiger partial charge on any atom is -0.763 e. The number of carbonyl (C=O) groups excluding carboxylic acids is 1. The van der Waals surface area contributed by atoms with Gasteiger partial charge in [-0.05, 0) is 12.1 Å². The highest BCUT2D eigenvalue weighted by atomic mass is 32.1. The second kappa shape index (κ2) is 8.78. The van der Waals surface area contributed by atoms with E-state index in [1.807, 2.05) is 11.9 Å². The van der Waals surface area contributed by atoms with Gasteiger partial charge in [0.05, 0.1) is 19.8 Å². The number of thiocarbonyl (C=S) groups is 1. The number of rotatable bonds is 7. The topological polar surface area (TPSA) is 69.9 Å². The van der Waals surface area contributed by atoms with Crippen molar-refractivity contribution in [3.63, 3.8) is 0 Å². The Morgan fingerprint density at radius 1 is 1.16 bits per heavy atom. The molecule has 0 aliphatic carbocycles. The lowest BCUT2D eigenvalue weighted by Gasteiger charge is -2.14. The molecule has 25 heavy (non-hydrogen) atoms. The number of hydrogen-bond donors (Lipinski definition) is 1. The average Bonchev–Trinajstić information content (AvgIpc) is 2.67.